The van der Waals surface area contributed by atoms with Crippen LogP contribution >= 0.6 is 11.3 Å². The molecular formula is C26H23NO4S2. The van der Waals surface area contributed by atoms with Crippen molar-refractivity contribution in [2.45, 2.75) is 24.5 Å². The van der Waals surface area contributed by atoms with Gasteiger partial charge >= 0.3 is 5.97 Å². The highest BCUT2D eigenvalue weighted by Crippen LogP contribution is 2.27. The lowest BCUT2D eigenvalue weighted by Gasteiger charge is -2.12. The summed E-state index contributed by atoms with van der Waals surface area (Å²) < 4.78 is 26.1. The van der Waals surface area contributed by atoms with Crippen molar-refractivity contribution in [2.24, 2.45) is 5.92 Å². The third-order valence-electron chi connectivity index (χ3n) is 5.43. The second-order valence-corrected chi connectivity index (χ2v) is 11.5. The summed E-state index contributed by atoms with van der Waals surface area (Å²) in [6, 6.07) is 16.8. The van der Waals surface area contributed by atoms with Gasteiger partial charge in [-0.3, -0.25) is 4.79 Å². The Hall–Kier alpha value is -3.34. The molecule has 0 aliphatic carbocycles. The molecule has 2 aromatic carbocycles. The molecule has 0 aliphatic rings. The summed E-state index contributed by atoms with van der Waals surface area (Å²) in [6.45, 7) is 3.98. The van der Waals surface area contributed by atoms with Crippen LogP contribution in [0.1, 0.15) is 27.1 Å². The zero-order valence-corrected chi connectivity index (χ0v) is 19.9. The lowest BCUT2D eigenvalue weighted by molar-refractivity contribution is -0.140. The summed E-state index contributed by atoms with van der Waals surface area (Å²) in [4.78, 5) is 15.7. The maximum Gasteiger partial charge on any atom is 0.307 e. The summed E-state index contributed by atoms with van der Waals surface area (Å²) in [5, 5.41) is 10.7. The van der Waals surface area contributed by atoms with E-state index in [0.717, 1.165) is 44.5 Å². The number of nitrogens with one attached hydrogen (secondary N) is 1. The molecule has 0 spiro atoms. The lowest BCUT2D eigenvalue weighted by atomic mass is 10.0. The van der Waals surface area contributed by atoms with E-state index in [1.807, 2.05) is 56.3 Å². The molecule has 0 radical (unpaired) electrons. The number of sulfone groups is 1. The fourth-order valence-corrected chi connectivity index (χ4v) is 6.43. The maximum atomic E-state index is 13.0. The van der Waals surface area contributed by atoms with E-state index >= 15 is 0 Å². The Labute approximate surface area is 197 Å². The fraction of sp³-hybridized carbons (Fsp3) is 0.192. The van der Waals surface area contributed by atoms with Crippen molar-refractivity contribution < 1.29 is 18.3 Å². The molecule has 4 aromatic rings. The molecule has 0 amide bonds. The van der Waals surface area contributed by atoms with Gasteiger partial charge in [-0.15, -0.1) is 11.3 Å². The van der Waals surface area contributed by atoms with Crippen molar-refractivity contribution in [2.75, 3.05) is 5.75 Å². The third-order valence-corrected chi connectivity index (χ3v) is 8.83. The molecule has 2 heterocycles. The van der Waals surface area contributed by atoms with Gasteiger partial charge in [0.05, 0.1) is 16.5 Å². The van der Waals surface area contributed by atoms with Crippen LogP contribution in [0.15, 0.2) is 65.0 Å². The van der Waals surface area contributed by atoms with Crippen LogP contribution in [-0.2, 0) is 21.1 Å². The number of aliphatic carboxylic acids is 1. The molecule has 2 aromatic heterocycles. The van der Waals surface area contributed by atoms with Crippen molar-refractivity contribution in [3.63, 3.8) is 0 Å². The van der Waals surface area contributed by atoms with E-state index in [0.29, 0.717) is 4.88 Å². The predicted octanol–water partition coefficient (Wildman–Crippen LogP) is 4.96. The standard InChI is InChI=1S/C26H23NO4S2/c1-17-3-6-19(7-4-17)8-9-22-10-12-25(32-22)33(30,31)16-21(26(28)29)14-20-15-27-24-13-18(2)5-11-23(20)24/h3-7,10-13,15,21,27H,14,16H2,1-2H3,(H,28,29)/t21-/m0/s1. The van der Waals surface area contributed by atoms with Crippen LogP contribution < -0.4 is 0 Å². The van der Waals surface area contributed by atoms with Gasteiger partial charge in [-0.25, -0.2) is 8.42 Å². The van der Waals surface area contributed by atoms with Crippen LogP contribution in [0, 0.1) is 31.6 Å². The van der Waals surface area contributed by atoms with Gasteiger partial charge in [-0.05, 0) is 61.7 Å². The summed E-state index contributed by atoms with van der Waals surface area (Å²) >= 11 is 1.07. The van der Waals surface area contributed by atoms with Crippen LogP contribution in [0.3, 0.4) is 0 Å². The molecule has 4 rings (SSSR count). The van der Waals surface area contributed by atoms with Gasteiger partial charge in [0.25, 0.3) is 0 Å². The summed E-state index contributed by atoms with van der Waals surface area (Å²) in [5.74, 6) is 3.37. The second-order valence-electron chi connectivity index (χ2n) is 8.12. The summed E-state index contributed by atoms with van der Waals surface area (Å²) in [6.07, 6.45) is 1.89. The van der Waals surface area contributed by atoms with Gasteiger partial charge in [-0.2, -0.15) is 0 Å². The largest absolute Gasteiger partial charge is 0.481 e. The molecule has 0 aliphatic heterocycles. The molecule has 0 unspecified atom stereocenters. The van der Waals surface area contributed by atoms with E-state index in [1.54, 1.807) is 12.3 Å². The number of fused-ring (bicyclic) bond motifs is 1. The number of aromatic amines is 1. The van der Waals surface area contributed by atoms with Gasteiger partial charge in [0, 0.05) is 22.7 Å². The van der Waals surface area contributed by atoms with E-state index in [9.17, 15) is 18.3 Å². The SMILES string of the molecule is Cc1ccc(C#Cc2ccc(S(=O)(=O)C[C@H](Cc3c[nH]c4cc(C)ccc34)C(=O)O)s2)cc1. The van der Waals surface area contributed by atoms with E-state index in [-0.39, 0.29) is 10.6 Å². The Kier molecular flexibility index (Phi) is 6.41. The third kappa shape index (κ3) is 5.36. The number of rotatable bonds is 6. The highest BCUT2D eigenvalue weighted by molar-refractivity contribution is 7.93. The first-order chi connectivity index (χ1) is 15.7. The molecular weight excluding hydrogens is 454 g/mol. The minimum absolute atomic E-state index is 0.128. The normalized spacial score (nSPS) is 12.3. The average molecular weight is 478 g/mol. The first-order valence-electron chi connectivity index (χ1n) is 10.4. The van der Waals surface area contributed by atoms with Crippen LogP contribution in [-0.4, -0.2) is 30.2 Å². The van der Waals surface area contributed by atoms with E-state index in [1.165, 1.54) is 6.07 Å². The number of hydrogen-bond acceptors (Lipinski definition) is 4. The van der Waals surface area contributed by atoms with Crippen LogP contribution in [0.5, 0.6) is 0 Å². The van der Waals surface area contributed by atoms with Crippen molar-refractivity contribution in [3.05, 3.63) is 87.9 Å². The van der Waals surface area contributed by atoms with Crippen molar-refractivity contribution in [3.8, 4) is 11.8 Å². The Morgan fingerprint density at radius 2 is 1.76 bits per heavy atom. The van der Waals surface area contributed by atoms with Gasteiger partial charge in [0.1, 0.15) is 4.21 Å². The Bertz CT molecular complexity index is 1480. The van der Waals surface area contributed by atoms with Gasteiger partial charge < -0.3 is 10.1 Å². The second kappa shape index (κ2) is 9.26. The van der Waals surface area contributed by atoms with Crippen molar-refractivity contribution >= 4 is 38.0 Å². The van der Waals surface area contributed by atoms with Crippen LogP contribution in [0.25, 0.3) is 10.9 Å². The quantitative estimate of drug-likeness (QED) is 0.384. The number of H-pyrrole nitrogens is 1. The fourth-order valence-electron chi connectivity index (χ4n) is 3.62. The molecule has 0 bridgehead atoms. The molecule has 1 atom stereocenters. The molecule has 5 nitrogen and oxygen atoms in total. The number of hydrogen-bond donors (Lipinski definition) is 2. The molecule has 168 valence electrons. The molecule has 0 fully saturated rings. The Morgan fingerprint density at radius 1 is 1.03 bits per heavy atom. The zero-order chi connectivity index (χ0) is 23.6. The average Bonchev–Trinajstić information content (AvgIpc) is 3.40. The monoisotopic (exact) mass is 477 g/mol. The molecule has 7 heteroatoms. The number of carboxylic acids is 1. The van der Waals surface area contributed by atoms with Gasteiger partial charge in [0.2, 0.25) is 0 Å². The van der Waals surface area contributed by atoms with E-state index in [4.69, 9.17) is 0 Å². The number of benzene rings is 2. The van der Waals surface area contributed by atoms with E-state index < -0.39 is 27.5 Å². The Balaban J connectivity index is 1.52. The number of aryl methyl sites for hydroxylation is 2. The molecule has 0 saturated carbocycles. The number of carbonyl (C=O) groups is 1. The van der Waals surface area contributed by atoms with Crippen LogP contribution in [0.4, 0.5) is 0 Å². The van der Waals surface area contributed by atoms with Crippen LogP contribution in [0.2, 0.25) is 0 Å². The first kappa shape index (κ1) is 22.8. The minimum Gasteiger partial charge on any atom is -0.481 e. The van der Waals surface area contributed by atoms with Crippen molar-refractivity contribution in [1.29, 1.82) is 0 Å². The minimum atomic E-state index is -3.78. The molecule has 0 saturated heterocycles. The van der Waals surface area contributed by atoms with E-state index in [2.05, 4.69) is 16.8 Å². The van der Waals surface area contributed by atoms with Gasteiger partial charge in [0.15, 0.2) is 9.84 Å². The predicted molar refractivity (Wildman–Crippen MR) is 131 cm³/mol. The zero-order valence-electron chi connectivity index (χ0n) is 18.3. The lowest BCUT2D eigenvalue weighted by Crippen LogP contribution is -2.25. The summed E-state index contributed by atoms with van der Waals surface area (Å²) in [7, 11) is -3.78. The molecule has 2 N–H and O–H groups in total. The highest BCUT2D eigenvalue weighted by Gasteiger charge is 2.28. The number of thiophene rings is 1. The van der Waals surface area contributed by atoms with Crippen molar-refractivity contribution in [1.82, 2.24) is 4.98 Å². The maximum absolute atomic E-state index is 13.0. The summed E-state index contributed by atoms with van der Waals surface area (Å²) in [5.41, 5.74) is 4.78. The smallest absolute Gasteiger partial charge is 0.307 e. The molecule has 33 heavy (non-hydrogen) atoms. The topological polar surface area (TPSA) is 87.2 Å². The Morgan fingerprint density at radius 3 is 2.48 bits per heavy atom. The number of carboxylic acid groups (broad SMARTS) is 1. The first-order valence-corrected chi connectivity index (χ1v) is 12.9. The highest BCUT2D eigenvalue weighted by atomic mass is 32.2. The van der Waals surface area contributed by atoms with Gasteiger partial charge in [-0.1, -0.05) is 41.7 Å². The number of aromatic nitrogens is 1.